The van der Waals surface area contributed by atoms with Gasteiger partial charge in [-0.3, -0.25) is 4.79 Å². The standard InChI is InChI=1S/C17H23FN2O3S.ClH/c1-12(11-24(22,23)16-6-2-13(18)3-7-16)17(21)20-9-8-14-4-5-15(10-20)19-14;/h2-3,6-7,12,14-15,19H,4-5,8-11H2,1H3;1H. The van der Waals surface area contributed by atoms with Crippen molar-refractivity contribution in [2.24, 2.45) is 5.92 Å². The highest BCUT2D eigenvalue weighted by molar-refractivity contribution is 7.91. The first-order valence-electron chi connectivity index (χ1n) is 8.38. The van der Waals surface area contributed by atoms with Crippen molar-refractivity contribution in [2.75, 3.05) is 18.8 Å². The number of halogens is 2. The van der Waals surface area contributed by atoms with Crippen LogP contribution in [0.25, 0.3) is 0 Å². The number of hydrogen-bond acceptors (Lipinski definition) is 4. The van der Waals surface area contributed by atoms with Gasteiger partial charge >= 0.3 is 0 Å². The van der Waals surface area contributed by atoms with E-state index in [2.05, 4.69) is 5.32 Å². The summed E-state index contributed by atoms with van der Waals surface area (Å²) in [4.78, 5) is 14.5. The van der Waals surface area contributed by atoms with E-state index >= 15 is 0 Å². The Bertz CT molecular complexity index is 711. The first-order valence-corrected chi connectivity index (χ1v) is 10.0. The van der Waals surface area contributed by atoms with Crippen LogP contribution in [0.2, 0.25) is 0 Å². The minimum Gasteiger partial charge on any atom is -0.341 e. The number of fused-ring (bicyclic) bond motifs is 2. The number of nitrogens with one attached hydrogen (secondary N) is 1. The predicted octanol–water partition coefficient (Wildman–Crippen LogP) is 2.01. The van der Waals surface area contributed by atoms with Crippen LogP contribution in [0.4, 0.5) is 4.39 Å². The monoisotopic (exact) mass is 390 g/mol. The third-order valence-electron chi connectivity index (χ3n) is 4.90. The van der Waals surface area contributed by atoms with Gasteiger partial charge in [-0.2, -0.15) is 0 Å². The molecule has 2 aliphatic heterocycles. The number of rotatable bonds is 4. The van der Waals surface area contributed by atoms with Gasteiger partial charge in [0.15, 0.2) is 9.84 Å². The summed E-state index contributed by atoms with van der Waals surface area (Å²) in [5, 5.41) is 3.51. The Hall–Kier alpha value is -1.18. The maximum Gasteiger partial charge on any atom is 0.226 e. The van der Waals surface area contributed by atoms with Crippen molar-refractivity contribution in [1.82, 2.24) is 10.2 Å². The fourth-order valence-corrected chi connectivity index (χ4v) is 5.14. The van der Waals surface area contributed by atoms with Crippen molar-refractivity contribution < 1.29 is 17.6 Å². The van der Waals surface area contributed by atoms with Crippen molar-refractivity contribution in [3.05, 3.63) is 30.1 Å². The Morgan fingerprint density at radius 3 is 2.56 bits per heavy atom. The zero-order chi connectivity index (χ0) is 17.3. The van der Waals surface area contributed by atoms with Gasteiger partial charge in [0.2, 0.25) is 5.91 Å². The van der Waals surface area contributed by atoms with Crippen LogP contribution in [0, 0.1) is 11.7 Å². The van der Waals surface area contributed by atoms with Crippen molar-refractivity contribution in [2.45, 2.75) is 43.2 Å². The van der Waals surface area contributed by atoms with E-state index in [0.717, 1.165) is 31.4 Å². The molecule has 3 rings (SSSR count). The minimum absolute atomic E-state index is 0. The van der Waals surface area contributed by atoms with Gasteiger partial charge < -0.3 is 10.2 Å². The molecule has 8 heteroatoms. The molecule has 1 aromatic carbocycles. The second kappa shape index (κ2) is 8.01. The van der Waals surface area contributed by atoms with Crippen molar-refractivity contribution in [3.8, 4) is 0 Å². The number of hydrogen-bond donors (Lipinski definition) is 1. The average molecular weight is 391 g/mol. The van der Waals surface area contributed by atoms with Gasteiger partial charge in [-0.1, -0.05) is 6.92 Å². The Kier molecular flexibility index (Phi) is 6.45. The number of sulfone groups is 1. The molecule has 0 aromatic heterocycles. The molecule has 25 heavy (non-hydrogen) atoms. The molecule has 0 radical (unpaired) electrons. The molecule has 1 amide bonds. The topological polar surface area (TPSA) is 66.5 Å². The summed E-state index contributed by atoms with van der Waals surface area (Å²) in [7, 11) is -3.61. The van der Waals surface area contributed by atoms with Gasteiger partial charge in [0.1, 0.15) is 5.82 Å². The first kappa shape index (κ1) is 20.1. The molecular weight excluding hydrogens is 367 g/mol. The zero-order valence-corrected chi connectivity index (χ0v) is 15.8. The van der Waals surface area contributed by atoms with Crippen molar-refractivity contribution in [3.63, 3.8) is 0 Å². The summed E-state index contributed by atoms with van der Waals surface area (Å²) in [6.07, 6.45) is 3.14. The van der Waals surface area contributed by atoms with Gasteiger partial charge in [0, 0.05) is 31.1 Å². The van der Waals surface area contributed by atoms with Gasteiger partial charge in [0.25, 0.3) is 0 Å². The van der Waals surface area contributed by atoms with Crippen LogP contribution >= 0.6 is 12.4 Å². The van der Waals surface area contributed by atoms with Gasteiger partial charge in [0.05, 0.1) is 10.6 Å². The lowest BCUT2D eigenvalue weighted by Crippen LogP contribution is -2.42. The third-order valence-corrected chi connectivity index (χ3v) is 6.83. The Balaban J connectivity index is 0.00000225. The lowest BCUT2D eigenvalue weighted by atomic mass is 10.1. The molecule has 2 aliphatic rings. The molecule has 0 aliphatic carbocycles. The van der Waals surface area contributed by atoms with Crippen molar-refractivity contribution in [1.29, 1.82) is 0 Å². The SMILES string of the molecule is CC(CS(=O)(=O)c1ccc(F)cc1)C(=O)N1CCC2CCC(C1)N2.Cl. The summed E-state index contributed by atoms with van der Waals surface area (Å²) < 4.78 is 37.8. The van der Waals surface area contributed by atoms with Crippen molar-refractivity contribution >= 4 is 28.2 Å². The Morgan fingerprint density at radius 2 is 1.88 bits per heavy atom. The number of amides is 1. The summed E-state index contributed by atoms with van der Waals surface area (Å²) in [5.41, 5.74) is 0. The van der Waals surface area contributed by atoms with Crippen LogP contribution in [0.5, 0.6) is 0 Å². The van der Waals surface area contributed by atoms with Gasteiger partial charge in [-0.05, 0) is 43.5 Å². The van der Waals surface area contributed by atoms with Crippen LogP contribution in [0.15, 0.2) is 29.2 Å². The van der Waals surface area contributed by atoms with Crippen LogP contribution in [0.3, 0.4) is 0 Å². The fraction of sp³-hybridized carbons (Fsp3) is 0.588. The molecule has 1 N–H and O–H groups in total. The van der Waals surface area contributed by atoms with Gasteiger partial charge in [-0.25, -0.2) is 12.8 Å². The molecule has 3 unspecified atom stereocenters. The average Bonchev–Trinajstić information content (AvgIpc) is 2.86. The maximum atomic E-state index is 13.0. The molecule has 140 valence electrons. The smallest absolute Gasteiger partial charge is 0.226 e. The number of nitrogens with zero attached hydrogens (tertiary/aromatic N) is 1. The highest BCUT2D eigenvalue weighted by atomic mass is 35.5. The molecule has 2 saturated heterocycles. The summed E-state index contributed by atoms with van der Waals surface area (Å²) >= 11 is 0. The van der Waals surface area contributed by atoms with Crippen LogP contribution < -0.4 is 5.32 Å². The highest BCUT2D eigenvalue weighted by Crippen LogP contribution is 2.22. The molecular formula is C17H24ClFN2O3S. The largest absolute Gasteiger partial charge is 0.341 e. The van der Waals surface area contributed by atoms with E-state index in [-0.39, 0.29) is 29.0 Å². The van der Waals surface area contributed by atoms with Gasteiger partial charge in [-0.15, -0.1) is 12.4 Å². The molecule has 3 atom stereocenters. The van der Waals surface area contributed by atoms with E-state index in [4.69, 9.17) is 0 Å². The lowest BCUT2D eigenvalue weighted by molar-refractivity contribution is -0.134. The normalized spacial score (nSPS) is 24.3. The highest BCUT2D eigenvalue weighted by Gasteiger charge is 2.33. The van der Waals surface area contributed by atoms with E-state index in [1.54, 1.807) is 11.8 Å². The quantitative estimate of drug-likeness (QED) is 0.798. The van der Waals surface area contributed by atoms with E-state index in [0.29, 0.717) is 25.2 Å². The Morgan fingerprint density at radius 1 is 1.24 bits per heavy atom. The fourth-order valence-electron chi connectivity index (χ4n) is 3.59. The summed E-state index contributed by atoms with van der Waals surface area (Å²) in [6, 6.07) is 5.54. The number of likely N-dealkylation sites (tertiary alicyclic amines) is 1. The second-order valence-electron chi connectivity index (χ2n) is 6.85. The molecule has 0 spiro atoms. The number of benzene rings is 1. The summed E-state index contributed by atoms with van der Waals surface area (Å²) in [5.74, 6) is -1.47. The molecule has 2 heterocycles. The van der Waals surface area contributed by atoms with E-state index in [1.165, 1.54) is 12.1 Å². The first-order chi connectivity index (χ1) is 11.3. The number of carbonyl (C=O) groups excluding carboxylic acids is 1. The zero-order valence-electron chi connectivity index (χ0n) is 14.2. The molecule has 2 fully saturated rings. The molecule has 1 aromatic rings. The van der Waals surface area contributed by atoms with E-state index < -0.39 is 21.6 Å². The third kappa shape index (κ3) is 4.71. The van der Waals surface area contributed by atoms with Crippen LogP contribution in [-0.4, -0.2) is 50.2 Å². The Labute approximate surface area is 154 Å². The van der Waals surface area contributed by atoms with E-state index in [9.17, 15) is 17.6 Å². The summed E-state index contributed by atoms with van der Waals surface area (Å²) in [6.45, 7) is 2.98. The predicted molar refractivity (Wildman–Crippen MR) is 96.0 cm³/mol. The second-order valence-corrected chi connectivity index (χ2v) is 8.88. The minimum atomic E-state index is -3.61. The molecule has 2 bridgehead atoms. The molecule has 0 saturated carbocycles. The number of carbonyl (C=O) groups is 1. The van der Waals surface area contributed by atoms with Crippen LogP contribution in [-0.2, 0) is 14.6 Å². The molecule has 5 nitrogen and oxygen atoms in total. The maximum absolute atomic E-state index is 13.0. The van der Waals surface area contributed by atoms with E-state index in [1.807, 2.05) is 0 Å². The lowest BCUT2D eigenvalue weighted by Gasteiger charge is -2.27. The van der Waals surface area contributed by atoms with Crippen LogP contribution in [0.1, 0.15) is 26.2 Å².